The molecule has 3 N–H and O–H groups in total. The fourth-order valence-corrected chi connectivity index (χ4v) is 4.62. The number of sulfonamides is 1. The Labute approximate surface area is 209 Å². The summed E-state index contributed by atoms with van der Waals surface area (Å²) in [4.78, 5) is 5.49. The minimum atomic E-state index is -4.94. The number of aryl methyl sites for hydroxylation is 2. The van der Waals surface area contributed by atoms with Gasteiger partial charge >= 0.3 is 5.76 Å². The van der Waals surface area contributed by atoms with Crippen molar-refractivity contribution in [2.45, 2.75) is 32.6 Å². The molecule has 2 heterocycles. The van der Waals surface area contributed by atoms with Crippen LogP contribution in [-0.4, -0.2) is 29.4 Å². The van der Waals surface area contributed by atoms with Crippen LogP contribution in [0.15, 0.2) is 48.5 Å². The first-order valence-electron chi connectivity index (χ1n) is 10.6. The van der Waals surface area contributed by atoms with Crippen LogP contribution in [0.3, 0.4) is 0 Å². The number of alkyl halides is 2. The van der Waals surface area contributed by atoms with Crippen LogP contribution in [0.1, 0.15) is 29.2 Å². The van der Waals surface area contributed by atoms with Gasteiger partial charge in [0.1, 0.15) is 17.7 Å². The maximum Gasteiger partial charge on any atom is 0.355 e. The molecule has 4 aromatic rings. The number of nitrogens with one attached hydrogen (secondary N) is 3. The summed E-state index contributed by atoms with van der Waals surface area (Å²) in [5, 5.41) is 10.9. The number of thiazole rings is 1. The number of nitrogens with zero attached hydrogens (tertiary/aromatic N) is 2. The summed E-state index contributed by atoms with van der Waals surface area (Å²) in [6.45, 7) is 5.54. The van der Waals surface area contributed by atoms with Gasteiger partial charge in [-0.15, -0.1) is 11.3 Å². The first kappa shape index (κ1) is 25.5. The third-order valence-electron chi connectivity index (χ3n) is 5.26. The Hall–Kier alpha value is -3.58. The van der Waals surface area contributed by atoms with Crippen LogP contribution >= 0.6 is 11.3 Å². The van der Waals surface area contributed by atoms with E-state index in [1.165, 1.54) is 53.8 Å². The highest BCUT2D eigenvalue weighted by molar-refractivity contribution is 7.93. The molecular weight excluding hydrogens is 515 g/mol. The number of rotatable bonds is 9. The summed E-state index contributed by atoms with van der Waals surface area (Å²) >= 11 is 1.49. The van der Waals surface area contributed by atoms with Crippen molar-refractivity contribution in [3.05, 3.63) is 70.5 Å². The normalized spacial score (nSPS) is 12.5. The largest absolute Gasteiger partial charge is 0.484 e. The molecule has 190 valence electrons. The first-order chi connectivity index (χ1) is 17.0. The number of aromatic nitrogens is 3. The van der Waals surface area contributed by atoms with Crippen molar-refractivity contribution >= 4 is 38.0 Å². The van der Waals surface area contributed by atoms with E-state index < -0.39 is 27.7 Å². The van der Waals surface area contributed by atoms with Gasteiger partial charge in [0.25, 0.3) is 10.0 Å². The van der Waals surface area contributed by atoms with E-state index in [9.17, 15) is 21.6 Å². The van der Waals surface area contributed by atoms with Gasteiger partial charge in [-0.3, -0.25) is 9.82 Å². The predicted molar refractivity (Wildman–Crippen MR) is 133 cm³/mol. The zero-order chi connectivity index (χ0) is 26.0. The molecule has 0 unspecified atom stereocenters. The number of H-pyrrole nitrogens is 1. The molecule has 0 saturated heterocycles. The van der Waals surface area contributed by atoms with Crippen LogP contribution in [0.4, 0.5) is 29.8 Å². The molecule has 1 atom stereocenters. The summed E-state index contributed by atoms with van der Waals surface area (Å²) in [6, 6.07) is 11.6. The fraction of sp³-hybridized carbons (Fsp3) is 0.217. The van der Waals surface area contributed by atoms with Gasteiger partial charge in [-0.2, -0.15) is 13.9 Å². The maximum absolute atomic E-state index is 13.3. The van der Waals surface area contributed by atoms with E-state index in [1.54, 1.807) is 13.0 Å². The summed E-state index contributed by atoms with van der Waals surface area (Å²) < 4.78 is 70.7. The topological polar surface area (TPSA) is 109 Å². The molecule has 4 rings (SSSR count). The summed E-state index contributed by atoms with van der Waals surface area (Å²) in [5.74, 6) is -3.55. The molecule has 2 aromatic carbocycles. The molecular formula is C23H22F3N5O3S2. The number of benzene rings is 2. The Bertz CT molecular complexity index is 1450. The van der Waals surface area contributed by atoms with Gasteiger partial charge in [0, 0.05) is 16.5 Å². The minimum absolute atomic E-state index is 0.00355. The van der Waals surface area contributed by atoms with Crippen molar-refractivity contribution in [1.82, 2.24) is 15.2 Å². The second-order valence-corrected chi connectivity index (χ2v) is 10.7. The molecule has 0 amide bonds. The lowest BCUT2D eigenvalue weighted by Crippen LogP contribution is -2.21. The van der Waals surface area contributed by atoms with E-state index in [-0.39, 0.29) is 11.4 Å². The Balaban J connectivity index is 1.64. The zero-order valence-corrected chi connectivity index (χ0v) is 21.0. The minimum Gasteiger partial charge on any atom is -0.484 e. The number of hydrogen-bond donors (Lipinski definition) is 3. The average Bonchev–Trinajstić information content (AvgIpc) is 3.41. The Morgan fingerprint density at radius 1 is 1.08 bits per heavy atom. The van der Waals surface area contributed by atoms with Crippen LogP contribution in [0.5, 0.6) is 5.75 Å². The quantitative estimate of drug-likeness (QED) is 0.237. The van der Waals surface area contributed by atoms with E-state index in [0.29, 0.717) is 27.8 Å². The van der Waals surface area contributed by atoms with Gasteiger partial charge < -0.3 is 10.1 Å². The van der Waals surface area contributed by atoms with Crippen molar-refractivity contribution in [3.8, 4) is 17.0 Å². The molecule has 0 fully saturated rings. The second kappa shape index (κ2) is 10.2. The summed E-state index contributed by atoms with van der Waals surface area (Å²) in [5.41, 5.74) is 2.47. The lowest BCUT2D eigenvalue weighted by molar-refractivity contribution is 0.228. The van der Waals surface area contributed by atoms with Crippen molar-refractivity contribution in [2.24, 2.45) is 0 Å². The number of halogens is 3. The molecule has 0 spiro atoms. The lowest BCUT2D eigenvalue weighted by atomic mass is 10.1. The highest BCUT2D eigenvalue weighted by Gasteiger charge is 2.26. The number of hydrogen-bond acceptors (Lipinski definition) is 7. The molecule has 0 aliphatic rings. The highest BCUT2D eigenvalue weighted by Crippen LogP contribution is 2.35. The third-order valence-corrected chi connectivity index (χ3v) is 7.23. The van der Waals surface area contributed by atoms with Crippen LogP contribution < -0.4 is 14.8 Å². The van der Waals surface area contributed by atoms with Crippen LogP contribution in [0, 0.1) is 19.7 Å². The molecule has 8 nitrogen and oxygen atoms in total. The van der Waals surface area contributed by atoms with E-state index in [4.69, 9.17) is 4.74 Å². The molecule has 0 saturated carbocycles. The third kappa shape index (κ3) is 5.79. The SMILES string of the molecule is Cc1nc(Nc2cc(-c3ccc(NS(=O)(=O)C(F)F)c(O[C@@H](C)c4ccc(F)cc4)c3)[nH]n2)sc1C. The second-order valence-electron chi connectivity index (χ2n) is 7.88. The molecule has 13 heteroatoms. The molecule has 0 aliphatic carbocycles. The van der Waals surface area contributed by atoms with Gasteiger partial charge in [0.15, 0.2) is 10.9 Å². The highest BCUT2D eigenvalue weighted by atomic mass is 32.2. The van der Waals surface area contributed by atoms with Gasteiger partial charge in [-0.25, -0.2) is 17.8 Å². The van der Waals surface area contributed by atoms with Gasteiger partial charge in [-0.1, -0.05) is 18.2 Å². The Kier molecular flexibility index (Phi) is 7.22. The van der Waals surface area contributed by atoms with E-state index >= 15 is 0 Å². The average molecular weight is 538 g/mol. The van der Waals surface area contributed by atoms with Crippen LogP contribution in [0.25, 0.3) is 11.3 Å². The van der Waals surface area contributed by atoms with Crippen molar-refractivity contribution in [2.75, 3.05) is 10.0 Å². The number of anilines is 3. The van der Waals surface area contributed by atoms with E-state index in [0.717, 1.165) is 10.6 Å². The van der Waals surface area contributed by atoms with E-state index in [2.05, 4.69) is 20.5 Å². The molecule has 0 radical (unpaired) electrons. The van der Waals surface area contributed by atoms with Gasteiger partial charge in [0.2, 0.25) is 0 Å². The Morgan fingerprint density at radius 2 is 1.81 bits per heavy atom. The summed E-state index contributed by atoms with van der Waals surface area (Å²) in [6.07, 6.45) is -0.647. The fourth-order valence-electron chi connectivity index (χ4n) is 3.23. The molecule has 0 bridgehead atoms. The van der Waals surface area contributed by atoms with E-state index in [1.807, 2.05) is 18.6 Å². The van der Waals surface area contributed by atoms with Gasteiger partial charge in [-0.05, 0) is 50.6 Å². The first-order valence-corrected chi connectivity index (χ1v) is 13.0. The Morgan fingerprint density at radius 3 is 2.44 bits per heavy atom. The van der Waals surface area contributed by atoms with Gasteiger partial charge in [0.05, 0.1) is 17.1 Å². The lowest BCUT2D eigenvalue weighted by Gasteiger charge is -2.19. The number of ether oxygens (including phenoxy) is 1. The van der Waals surface area contributed by atoms with Crippen LogP contribution in [0.2, 0.25) is 0 Å². The molecule has 2 aromatic heterocycles. The predicted octanol–water partition coefficient (Wildman–Crippen LogP) is 6.14. The standard InChI is InChI=1S/C23H22F3N5O3S2/c1-12-14(3)35-23(27-12)28-21-11-19(29-30-21)16-6-9-18(31-36(32,33)22(25)26)20(10-16)34-13(2)15-4-7-17(24)8-5-15/h4-11,13,22,31H,1-3H3,(H2,27,28,29,30)/t13-/m0/s1. The van der Waals surface area contributed by atoms with Crippen LogP contribution in [-0.2, 0) is 10.0 Å². The van der Waals surface area contributed by atoms with Crippen molar-refractivity contribution in [1.29, 1.82) is 0 Å². The maximum atomic E-state index is 13.3. The monoisotopic (exact) mass is 537 g/mol. The molecule has 36 heavy (non-hydrogen) atoms. The zero-order valence-electron chi connectivity index (χ0n) is 19.3. The van der Waals surface area contributed by atoms with Crippen molar-refractivity contribution < 1.29 is 26.3 Å². The van der Waals surface area contributed by atoms with Crippen molar-refractivity contribution in [3.63, 3.8) is 0 Å². The summed E-state index contributed by atoms with van der Waals surface area (Å²) in [7, 11) is -4.94. The smallest absolute Gasteiger partial charge is 0.355 e. The molecule has 0 aliphatic heterocycles. The number of aromatic amines is 1.